The van der Waals surface area contributed by atoms with E-state index in [1.807, 2.05) is 0 Å². The second kappa shape index (κ2) is 9.59. The summed E-state index contributed by atoms with van der Waals surface area (Å²) in [6.07, 6.45) is 1.38. The van der Waals surface area contributed by atoms with Crippen LogP contribution in [0, 0.1) is 20.2 Å². The molecule has 0 aromatic heterocycles. The second-order valence-electron chi connectivity index (χ2n) is 6.02. The molecule has 3 rings (SSSR count). The molecule has 0 fully saturated rings. The van der Waals surface area contributed by atoms with Gasteiger partial charge in [0.1, 0.15) is 5.75 Å². The molecule has 0 bridgehead atoms. The Hall–Kier alpha value is -4.12. The predicted molar refractivity (Wildman–Crippen MR) is 115 cm³/mol. The molecule has 1 N–H and O–H groups in total. The van der Waals surface area contributed by atoms with E-state index in [1.165, 1.54) is 6.21 Å². The summed E-state index contributed by atoms with van der Waals surface area (Å²) in [7, 11) is 0. The van der Waals surface area contributed by atoms with Crippen molar-refractivity contribution in [3.63, 3.8) is 0 Å². The molecule has 0 saturated carbocycles. The molecule has 0 heterocycles. The van der Waals surface area contributed by atoms with E-state index in [1.54, 1.807) is 48.5 Å². The van der Waals surface area contributed by atoms with E-state index in [0.29, 0.717) is 15.6 Å². The highest BCUT2D eigenvalue weighted by Crippen LogP contribution is 2.34. The van der Waals surface area contributed by atoms with Gasteiger partial charge in [0.2, 0.25) is 5.75 Å². The molecular weight excluding hydrogens is 472 g/mol. The minimum absolute atomic E-state index is 0.146. The summed E-state index contributed by atoms with van der Waals surface area (Å²) in [4.78, 5) is 32.7. The van der Waals surface area contributed by atoms with Crippen molar-refractivity contribution in [2.45, 2.75) is 0 Å². The van der Waals surface area contributed by atoms with Gasteiger partial charge in [-0.25, -0.2) is 5.43 Å². The van der Waals surface area contributed by atoms with Gasteiger partial charge >= 0.3 is 5.69 Å². The first-order chi connectivity index (χ1) is 14.8. The number of hydrogen-bond donors (Lipinski definition) is 1. The maximum absolute atomic E-state index is 12.1. The number of nitrogens with zero attached hydrogens (tertiary/aromatic N) is 3. The number of ether oxygens (including phenoxy) is 1. The van der Waals surface area contributed by atoms with Crippen molar-refractivity contribution in [1.82, 2.24) is 5.43 Å². The number of hydrogen-bond acceptors (Lipinski definition) is 7. The summed E-state index contributed by atoms with van der Waals surface area (Å²) in [5.41, 5.74) is 2.42. The van der Waals surface area contributed by atoms with E-state index in [4.69, 9.17) is 4.74 Å². The monoisotopic (exact) mass is 484 g/mol. The molecule has 0 spiro atoms. The summed E-state index contributed by atoms with van der Waals surface area (Å²) < 4.78 is 6.17. The third-order valence-electron chi connectivity index (χ3n) is 3.93. The predicted octanol–water partition coefficient (Wildman–Crippen LogP) is 4.82. The van der Waals surface area contributed by atoms with Crippen LogP contribution in [0.1, 0.15) is 15.9 Å². The van der Waals surface area contributed by atoms with Gasteiger partial charge in [-0.05, 0) is 51.8 Å². The number of amides is 1. The van der Waals surface area contributed by atoms with Crippen molar-refractivity contribution in [2.75, 3.05) is 0 Å². The molecule has 3 aromatic rings. The van der Waals surface area contributed by atoms with E-state index in [9.17, 15) is 25.0 Å². The van der Waals surface area contributed by atoms with Gasteiger partial charge in [0, 0.05) is 10.5 Å². The lowest BCUT2D eigenvalue weighted by molar-refractivity contribution is -0.394. The number of benzene rings is 3. The molecule has 11 heteroatoms. The Bertz CT molecular complexity index is 1200. The summed E-state index contributed by atoms with van der Waals surface area (Å²) >= 11 is 3.29. The molecule has 0 unspecified atom stereocenters. The van der Waals surface area contributed by atoms with Crippen LogP contribution in [0.25, 0.3) is 0 Å². The number of carbonyl (C=O) groups excluding carboxylic acids is 1. The van der Waals surface area contributed by atoms with Gasteiger partial charge in [0.05, 0.1) is 27.7 Å². The van der Waals surface area contributed by atoms with Crippen LogP contribution in [-0.4, -0.2) is 22.0 Å². The highest BCUT2D eigenvalue weighted by atomic mass is 79.9. The average Bonchev–Trinajstić information content (AvgIpc) is 2.74. The lowest BCUT2D eigenvalue weighted by Gasteiger charge is -2.07. The summed E-state index contributed by atoms with van der Waals surface area (Å²) in [6.45, 7) is 0. The van der Waals surface area contributed by atoms with Crippen LogP contribution in [-0.2, 0) is 0 Å². The molecule has 3 aromatic carbocycles. The first-order valence-corrected chi connectivity index (χ1v) is 9.43. The molecular formula is C20H13BrN4O6. The van der Waals surface area contributed by atoms with Gasteiger partial charge in [0.25, 0.3) is 11.6 Å². The smallest absolute Gasteiger partial charge is 0.318 e. The lowest BCUT2D eigenvalue weighted by Crippen LogP contribution is -2.18. The molecule has 1 amide bonds. The number of hydrazone groups is 1. The first kappa shape index (κ1) is 21.6. The molecule has 0 saturated heterocycles. The van der Waals surface area contributed by atoms with Crippen molar-refractivity contribution in [2.24, 2.45) is 5.10 Å². The van der Waals surface area contributed by atoms with Crippen molar-refractivity contribution >= 4 is 39.4 Å². The van der Waals surface area contributed by atoms with Crippen molar-refractivity contribution in [3.05, 3.63) is 103 Å². The fourth-order valence-electron chi connectivity index (χ4n) is 2.50. The summed E-state index contributed by atoms with van der Waals surface area (Å²) in [5.74, 6) is -0.303. The topological polar surface area (TPSA) is 137 Å². The van der Waals surface area contributed by atoms with Gasteiger partial charge in [-0.3, -0.25) is 25.0 Å². The number of rotatable bonds is 7. The average molecular weight is 485 g/mol. The Kier molecular flexibility index (Phi) is 6.67. The van der Waals surface area contributed by atoms with Crippen LogP contribution in [0.5, 0.6) is 11.5 Å². The zero-order valence-electron chi connectivity index (χ0n) is 15.6. The van der Waals surface area contributed by atoms with Crippen LogP contribution < -0.4 is 10.2 Å². The third kappa shape index (κ3) is 5.48. The Morgan fingerprint density at radius 1 is 1.00 bits per heavy atom. The number of nitro groups is 2. The van der Waals surface area contributed by atoms with Gasteiger partial charge in [0.15, 0.2) is 0 Å². The number of non-ortho nitro benzene ring substituents is 1. The molecule has 0 aliphatic rings. The van der Waals surface area contributed by atoms with Gasteiger partial charge < -0.3 is 4.74 Å². The summed E-state index contributed by atoms with van der Waals surface area (Å²) in [5, 5.41) is 26.0. The highest BCUT2D eigenvalue weighted by Gasteiger charge is 2.21. The number of halogens is 1. The lowest BCUT2D eigenvalue weighted by atomic mass is 10.2. The molecule has 156 valence electrons. The van der Waals surface area contributed by atoms with E-state index < -0.39 is 27.1 Å². The Labute approximate surface area is 183 Å². The van der Waals surface area contributed by atoms with Crippen molar-refractivity contribution < 1.29 is 19.4 Å². The van der Waals surface area contributed by atoms with Crippen LogP contribution in [0.4, 0.5) is 11.4 Å². The molecule has 0 aliphatic carbocycles. The zero-order valence-corrected chi connectivity index (χ0v) is 17.2. The number of carbonyl (C=O) groups is 1. The van der Waals surface area contributed by atoms with E-state index >= 15 is 0 Å². The largest absolute Gasteiger partial charge is 0.450 e. The Morgan fingerprint density at radius 3 is 2.48 bits per heavy atom. The SMILES string of the molecule is O=C(NN=Cc1cccc(Oc2ccc([N+](=O)[O-])cc2[N+](=O)[O-])c1)c1ccccc1Br. The van der Waals surface area contributed by atoms with Crippen LogP contribution in [0.2, 0.25) is 0 Å². The Balaban J connectivity index is 1.74. The van der Waals surface area contributed by atoms with Crippen LogP contribution >= 0.6 is 15.9 Å². The normalized spacial score (nSPS) is 10.6. The zero-order chi connectivity index (χ0) is 22.4. The first-order valence-electron chi connectivity index (χ1n) is 8.64. The maximum Gasteiger partial charge on any atom is 0.318 e. The van der Waals surface area contributed by atoms with Gasteiger partial charge in [-0.15, -0.1) is 0 Å². The van der Waals surface area contributed by atoms with Crippen LogP contribution in [0.15, 0.2) is 76.3 Å². The third-order valence-corrected chi connectivity index (χ3v) is 4.63. The standard InChI is InChI=1S/C20H13BrN4O6/c21-17-7-2-1-6-16(17)20(26)23-22-12-13-4-3-5-15(10-13)31-19-9-8-14(24(27)28)11-18(19)25(29)30/h1-12H,(H,23,26). The molecule has 0 atom stereocenters. The minimum Gasteiger partial charge on any atom is -0.450 e. The van der Waals surface area contributed by atoms with E-state index in [0.717, 1.165) is 18.2 Å². The van der Waals surface area contributed by atoms with Crippen molar-refractivity contribution in [3.8, 4) is 11.5 Å². The van der Waals surface area contributed by atoms with E-state index in [2.05, 4.69) is 26.5 Å². The molecule has 0 radical (unpaired) electrons. The van der Waals surface area contributed by atoms with Crippen molar-refractivity contribution in [1.29, 1.82) is 0 Å². The molecule has 0 aliphatic heterocycles. The minimum atomic E-state index is -0.759. The van der Waals surface area contributed by atoms with E-state index in [-0.39, 0.29) is 11.5 Å². The van der Waals surface area contributed by atoms with Crippen LogP contribution in [0.3, 0.4) is 0 Å². The summed E-state index contributed by atoms with van der Waals surface area (Å²) in [6, 6.07) is 16.4. The fourth-order valence-corrected chi connectivity index (χ4v) is 2.97. The highest BCUT2D eigenvalue weighted by molar-refractivity contribution is 9.10. The molecule has 31 heavy (non-hydrogen) atoms. The maximum atomic E-state index is 12.1. The van der Waals surface area contributed by atoms with Gasteiger partial charge in [-0.2, -0.15) is 5.10 Å². The molecule has 10 nitrogen and oxygen atoms in total. The fraction of sp³-hybridized carbons (Fsp3) is 0. The number of nitrogens with one attached hydrogen (secondary N) is 1. The Morgan fingerprint density at radius 2 is 1.77 bits per heavy atom. The number of nitro benzene ring substituents is 2. The second-order valence-corrected chi connectivity index (χ2v) is 6.87. The quantitative estimate of drug-likeness (QED) is 0.289. The van der Waals surface area contributed by atoms with Gasteiger partial charge in [-0.1, -0.05) is 24.3 Å².